The topological polar surface area (TPSA) is 63.7 Å². The van der Waals surface area contributed by atoms with E-state index in [0.29, 0.717) is 11.1 Å². The zero-order chi connectivity index (χ0) is 13.1. The van der Waals surface area contributed by atoms with Gasteiger partial charge in [-0.25, -0.2) is 0 Å². The second-order valence-corrected chi connectivity index (χ2v) is 4.09. The summed E-state index contributed by atoms with van der Waals surface area (Å²) in [6.07, 6.45) is 0.155. The summed E-state index contributed by atoms with van der Waals surface area (Å²) < 4.78 is 4.69. The van der Waals surface area contributed by atoms with Crippen molar-refractivity contribution < 1.29 is 19.1 Å². The van der Waals surface area contributed by atoms with Gasteiger partial charge in [-0.3, -0.25) is 19.3 Å². The molecule has 0 atom stereocenters. The van der Waals surface area contributed by atoms with Gasteiger partial charge in [0.15, 0.2) is 5.78 Å². The third-order valence-electron chi connectivity index (χ3n) is 2.78. The van der Waals surface area contributed by atoms with E-state index in [-0.39, 0.29) is 31.3 Å². The molecular formula is C13H13NO4. The van der Waals surface area contributed by atoms with Gasteiger partial charge in [0.1, 0.15) is 6.61 Å². The summed E-state index contributed by atoms with van der Waals surface area (Å²) in [4.78, 5) is 36.3. The first-order valence-corrected chi connectivity index (χ1v) is 5.56. The smallest absolute Gasteiger partial charge is 0.261 e. The van der Waals surface area contributed by atoms with Gasteiger partial charge in [0.05, 0.1) is 13.0 Å². The number of ketones is 1. The van der Waals surface area contributed by atoms with Gasteiger partial charge in [0.25, 0.3) is 5.91 Å². The maximum absolute atomic E-state index is 12.1. The van der Waals surface area contributed by atoms with Crippen LogP contribution in [-0.2, 0) is 20.7 Å². The van der Waals surface area contributed by atoms with Crippen LogP contribution in [0.1, 0.15) is 15.9 Å². The summed E-state index contributed by atoms with van der Waals surface area (Å²) in [5.74, 6) is -1.05. The number of carbonyl (C=O) groups excluding carboxylic acids is 3. The first kappa shape index (κ1) is 12.4. The summed E-state index contributed by atoms with van der Waals surface area (Å²) in [5, 5.41) is 0. The number of rotatable bonds is 4. The van der Waals surface area contributed by atoms with Crippen LogP contribution in [0.15, 0.2) is 24.3 Å². The van der Waals surface area contributed by atoms with E-state index in [1.54, 1.807) is 24.3 Å². The lowest BCUT2D eigenvalue weighted by Crippen LogP contribution is -2.45. The van der Waals surface area contributed by atoms with Gasteiger partial charge in [-0.15, -0.1) is 0 Å². The molecule has 18 heavy (non-hydrogen) atoms. The quantitative estimate of drug-likeness (QED) is 0.724. The van der Waals surface area contributed by atoms with Gasteiger partial charge < -0.3 is 4.74 Å². The van der Waals surface area contributed by atoms with Crippen LogP contribution < -0.4 is 0 Å². The Kier molecular flexibility index (Phi) is 3.53. The molecule has 2 amide bonds. The van der Waals surface area contributed by atoms with Gasteiger partial charge in [0, 0.05) is 12.7 Å². The Bertz CT molecular complexity index is 509. The number of hydrogen-bond acceptors (Lipinski definition) is 4. The fourth-order valence-corrected chi connectivity index (χ4v) is 1.94. The SMILES string of the molecule is COCC(=O)CN1C(=O)Cc2ccccc2C1=O. The van der Waals surface area contributed by atoms with Crippen molar-refractivity contribution in [3.05, 3.63) is 35.4 Å². The highest BCUT2D eigenvalue weighted by atomic mass is 16.5. The number of methoxy groups -OCH3 is 1. The normalized spacial score (nSPS) is 14.6. The Morgan fingerprint density at radius 3 is 2.78 bits per heavy atom. The molecule has 1 aliphatic heterocycles. The summed E-state index contributed by atoms with van der Waals surface area (Å²) in [6.45, 7) is -0.321. The van der Waals surface area contributed by atoms with Crippen molar-refractivity contribution in [3.63, 3.8) is 0 Å². The summed E-state index contributed by atoms with van der Waals surface area (Å²) in [6, 6.07) is 6.93. The standard InChI is InChI=1S/C13H13NO4/c1-18-8-10(15)7-14-12(16)6-9-4-2-3-5-11(9)13(14)17/h2-5H,6-8H2,1H3. The molecule has 0 fully saturated rings. The number of carbonyl (C=O) groups is 3. The summed E-state index contributed by atoms with van der Waals surface area (Å²) in [5.41, 5.74) is 1.20. The molecule has 0 radical (unpaired) electrons. The second-order valence-electron chi connectivity index (χ2n) is 4.09. The lowest BCUT2D eigenvalue weighted by molar-refractivity contribution is -0.133. The van der Waals surface area contributed by atoms with Crippen molar-refractivity contribution in [1.29, 1.82) is 0 Å². The molecule has 0 aliphatic carbocycles. The molecule has 1 heterocycles. The largest absolute Gasteiger partial charge is 0.377 e. The van der Waals surface area contributed by atoms with Crippen molar-refractivity contribution >= 4 is 17.6 Å². The average Bonchev–Trinajstić information content (AvgIpc) is 2.35. The number of hydrogen-bond donors (Lipinski definition) is 0. The predicted molar refractivity (Wildman–Crippen MR) is 63.1 cm³/mol. The maximum Gasteiger partial charge on any atom is 0.261 e. The van der Waals surface area contributed by atoms with E-state index in [0.717, 1.165) is 4.90 Å². The first-order chi connectivity index (χ1) is 8.63. The number of fused-ring (bicyclic) bond motifs is 1. The molecule has 1 aliphatic rings. The average molecular weight is 247 g/mol. The molecule has 5 nitrogen and oxygen atoms in total. The minimum absolute atomic E-state index is 0.0985. The van der Waals surface area contributed by atoms with Crippen molar-refractivity contribution in [2.75, 3.05) is 20.3 Å². The van der Waals surface area contributed by atoms with Crippen LogP contribution in [-0.4, -0.2) is 42.8 Å². The Morgan fingerprint density at radius 1 is 1.33 bits per heavy atom. The lowest BCUT2D eigenvalue weighted by atomic mass is 9.98. The lowest BCUT2D eigenvalue weighted by Gasteiger charge is -2.26. The van der Waals surface area contributed by atoms with Crippen molar-refractivity contribution in [2.24, 2.45) is 0 Å². The fraction of sp³-hybridized carbons (Fsp3) is 0.308. The van der Waals surface area contributed by atoms with E-state index in [1.165, 1.54) is 7.11 Å². The van der Waals surface area contributed by atoms with Crippen LogP contribution in [0.3, 0.4) is 0 Å². The zero-order valence-corrected chi connectivity index (χ0v) is 10.0. The van der Waals surface area contributed by atoms with Gasteiger partial charge in [-0.1, -0.05) is 18.2 Å². The van der Waals surface area contributed by atoms with E-state index >= 15 is 0 Å². The van der Waals surface area contributed by atoms with Gasteiger partial charge in [-0.2, -0.15) is 0 Å². The predicted octanol–water partition coefficient (Wildman–Crippen LogP) is 0.427. The first-order valence-electron chi connectivity index (χ1n) is 5.56. The van der Waals surface area contributed by atoms with Crippen molar-refractivity contribution in [2.45, 2.75) is 6.42 Å². The number of nitrogens with zero attached hydrogens (tertiary/aromatic N) is 1. The van der Waals surface area contributed by atoms with Crippen LogP contribution in [0.2, 0.25) is 0 Å². The molecular weight excluding hydrogens is 234 g/mol. The number of ether oxygens (including phenoxy) is 1. The van der Waals surface area contributed by atoms with Gasteiger partial charge in [-0.05, 0) is 11.6 Å². The van der Waals surface area contributed by atoms with Crippen LogP contribution in [0.4, 0.5) is 0 Å². The molecule has 0 N–H and O–H groups in total. The third-order valence-corrected chi connectivity index (χ3v) is 2.78. The summed E-state index contributed by atoms with van der Waals surface area (Å²) in [7, 11) is 1.40. The van der Waals surface area contributed by atoms with E-state index in [4.69, 9.17) is 0 Å². The van der Waals surface area contributed by atoms with Gasteiger partial charge in [0.2, 0.25) is 5.91 Å². The highest BCUT2D eigenvalue weighted by Gasteiger charge is 2.31. The molecule has 0 saturated carbocycles. The van der Waals surface area contributed by atoms with E-state index in [1.807, 2.05) is 0 Å². The van der Waals surface area contributed by atoms with Crippen LogP contribution in [0.5, 0.6) is 0 Å². The highest BCUT2D eigenvalue weighted by molar-refractivity contribution is 6.11. The molecule has 0 bridgehead atoms. The molecule has 0 saturated heterocycles. The third kappa shape index (κ3) is 2.31. The van der Waals surface area contributed by atoms with Crippen LogP contribution >= 0.6 is 0 Å². The Morgan fingerprint density at radius 2 is 2.06 bits per heavy atom. The minimum Gasteiger partial charge on any atom is -0.377 e. The molecule has 5 heteroatoms. The monoisotopic (exact) mass is 247 g/mol. The van der Waals surface area contributed by atoms with Crippen molar-refractivity contribution in [3.8, 4) is 0 Å². The van der Waals surface area contributed by atoms with Crippen LogP contribution in [0.25, 0.3) is 0 Å². The van der Waals surface area contributed by atoms with Gasteiger partial charge >= 0.3 is 0 Å². The molecule has 0 unspecified atom stereocenters. The maximum atomic E-state index is 12.1. The molecule has 0 aromatic heterocycles. The Hall–Kier alpha value is -2.01. The molecule has 94 valence electrons. The molecule has 2 rings (SSSR count). The number of benzene rings is 1. The number of amides is 2. The molecule has 1 aromatic carbocycles. The zero-order valence-electron chi connectivity index (χ0n) is 10.0. The van der Waals surface area contributed by atoms with E-state index in [9.17, 15) is 14.4 Å². The molecule has 1 aromatic rings. The van der Waals surface area contributed by atoms with Crippen molar-refractivity contribution in [1.82, 2.24) is 4.90 Å². The Labute approximate surface area is 104 Å². The number of Topliss-reactive ketones (excluding diaryl/α,β-unsaturated/α-hetero) is 1. The second kappa shape index (κ2) is 5.10. The molecule has 0 spiro atoms. The fourth-order valence-electron chi connectivity index (χ4n) is 1.94. The summed E-state index contributed by atoms with van der Waals surface area (Å²) >= 11 is 0. The highest BCUT2D eigenvalue weighted by Crippen LogP contribution is 2.19. The van der Waals surface area contributed by atoms with E-state index in [2.05, 4.69) is 4.74 Å². The van der Waals surface area contributed by atoms with Crippen LogP contribution in [0, 0.1) is 0 Å². The number of imide groups is 1. The minimum atomic E-state index is -0.411. The van der Waals surface area contributed by atoms with E-state index < -0.39 is 5.91 Å². The Balaban J connectivity index is 2.22.